The second kappa shape index (κ2) is 8.95. The van der Waals surface area contributed by atoms with E-state index >= 15 is 0 Å². The lowest BCUT2D eigenvalue weighted by Crippen LogP contribution is -2.50. The van der Waals surface area contributed by atoms with E-state index in [4.69, 9.17) is 9.72 Å². The molecule has 4 rings (SSSR count). The molecule has 30 heavy (non-hydrogen) atoms. The molecule has 3 aromatic rings. The van der Waals surface area contributed by atoms with E-state index in [1.54, 1.807) is 0 Å². The molecule has 1 aliphatic heterocycles. The second-order valence-corrected chi connectivity index (χ2v) is 7.53. The van der Waals surface area contributed by atoms with Crippen molar-refractivity contribution in [3.8, 4) is 17.1 Å². The monoisotopic (exact) mass is 402 g/mol. The summed E-state index contributed by atoms with van der Waals surface area (Å²) in [5.74, 6) is 2.37. The minimum absolute atomic E-state index is 0.0118. The number of carbonyl (C=O) groups excluding carboxylic acids is 1. The number of benzene rings is 2. The Hall–Kier alpha value is -3.41. The molecule has 1 saturated heterocycles. The zero-order valence-electron chi connectivity index (χ0n) is 17.4. The van der Waals surface area contributed by atoms with Crippen LogP contribution in [0.5, 0.6) is 5.75 Å². The molecule has 0 unspecified atom stereocenters. The number of carbonyl (C=O) groups is 1. The van der Waals surface area contributed by atoms with Crippen LogP contribution in [0.15, 0.2) is 60.7 Å². The summed E-state index contributed by atoms with van der Waals surface area (Å²) in [7, 11) is 0. The van der Waals surface area contributed by atoms with Crippen LogP contribution in [0.3, 0.4) is 0 Å². The summed E-state index contributed by atoms with van der Waals surface area (Å²) >= 11 is 0. The van der Waals surface area contributed by atoms with Crippen LogP contribution in [0, 0.1) is 13.8 Å². The molecule has 0 atom stereocenters. The highest BCUT2D eigenvalue weighted by Gasteiger charge is 2.23. The lowest BCUT2D eigenvalue weighted by molar-refractivity contribution is -0.133. The molecule has 1 fully saturated rings. The minimum Gasteiger partial charge on any atom is -0.484 e. The van der Waals surface area contributed by atoms with Gasteiger partial charge in [0.1, 0.15) is 11.6 Å². The Kier molecular flexibility index (Phi) is 5.93. The van der Waals surface area contributed by atoms with E-state index in [-0.39, 0.29) is 12.5 Å². The Morgan fingerprint density at radius 1 is 0.933 bits per heavy atom. The molecule has 6 heteroatoms. The van der Waals surface area contributed by atoms with Crippen molar-refractivity contribution >= 4 is 11.7 Å². The van der Waals surface area contributed by atoms with Crippen molar-refractivity contribution in [3.63, 3.8) is 0 Å². The fourth-order valence-corrected chi connectivity index (χ4v) is 3.48. The van der Waals surface area contributed by atoms with Gasteiger partial charge in [-0.05, 0) is 26.0 Å². The Morgan fingerprint density at radius 2 is 1.63 bits per heavy atom. The van der Waals surface area contributed by atoms with Crippen molar-refractivity contribution in [3.05, 3.63) is 71.9 Å². The van der Waals surface area contributed by atoms with Crippen molar-refractivity contribution < 1.29 is 9.53 Å². The van der Waals surface area contributed by atoms with Crippen LogP contribution in [0.25, 0.3) is 11.4 Å². The molecule has 1 aromatic heterocycles. The second-order valence-electron chi connectivity index (χ2n) is 7.53. The largest absolute Gasteiger partial charge is 0.484 e. The van der Waals surface area contributed by atoms with Crippen LogP contribution >= 0.6 is 0 Å². The SMILES string of the molecule is Cc1ccc(-c2nc(C)cc(N3CCN(C(=O)COc4ccccc4)CC3)n2)cc1. The number of hydrogen-bond donors (Lipinski definition) is 0. The number of piperazine rings is 1. The summed E-state index contributed by atoms with van der Waals surface area (Å²) in [6, 6.07) is 19.7. The van der Waals surface area contributed by atoms with E-state index in [2.05, 4.69) is 41.1 Å². The maximum Gasteiger partial charge on any atom is 0.260 e. The highest BCUT2D eigenvalue weighted by atomic mass is 16.5. The normalized spacial score (nSPS) is 13.9. The summed E-state index contributed by atoms with van der Waals surface area (Å²) in [5.41, 5.74) is 3.16. The number of anilines is 1. The number of rotatable bonds is 5. The van der Waals surface area contributed by atoms with Gasteiger partial charge in [0.2, 0.25) is 0 Å². The van der Waals surface area contributed by atoms with Crippen LogP contribution < -0.4 is 9.64 Å². The van der Waals surface area contributed by atoms with Gasteiger partial charge in [-0.25, -0.2) is 9.97 Å². The maximum atomic E-state index is 12.5. The molecule has 6 nitrogen and oxygen atoms in total. The van der Waals surface area contributed by atoms with Gasteiger partial charge in [0.05, 0.1) is 0 Å². The first-order valence-corrected chi connectivity index (χ1v) is 10.2. The van der Waals surface area contributed by atoms with Crippen molar-refractivity contribution in [1.29, 1.82) is 0 Å². The summed E-state index contributed by atoms with van der Waals surface area (Å²) in [6.07, 6.45) is 0. The van der Waals surface area contributed by atoms with E-state index in [9.17, 15) is 4.79 Å². The number of para-hydroxylation sites is 1. The first-order chi connectivity index (χ1) is 14.6. The first-order valence-electron chi connectivity index (χ1n) is 10.2. The predicted molar refractivity (Wildman–Crippen MR) is 118 cm³/mol. The summed E-state index contributed by atoms with van der Waals surface area (Å²) in [5, 5.41) is 0. The number of nitrogens with zero attached hydrogens (tertiary/aromatic N) is 4. The molecule has 0 radical (unpaired) electrons. The quantitative estimate of drug-likeness (QED) is 0.654. The average molecular weight is 402 g/mol. The van der Waals surface area contributed by atoms with Crippen LogP contribution in [-0.2, 0) is 4.79 Å². The van der Waals surface area contributed by atoms with Crippen LogP contribution in [0.2, 0.25) is 0 Å². The number of ether oxygens (including phenoxy) is 1. The number of hydrogen-bond acceptors (Lipinski definition) is 5. The smallest absolute Gasteiger partial charge is 0.260 e. The molecule has 0 bridgehead atoms. The minimum atomic E-state index is 0.0118. The highest BCUT2D eigenvalue weighted by molar-refractivity contribution is 5.78. The lowest BCUT2D eigenvalue weighted by Gasteiger charge is -2.35. The third kappa shape index (κ3) is 4.76. The maximum absolute atomic E-state index is 12.5. The first kappa shape index (κ1) is 19.9. The van der Waals surface area contributed by atoms with E-state index in [0.29, 0.717) is 18.8 Å². The summed E-state index contributed by atoms with van der Waals surface area (Å²) < 4.78 is 5.60. The molecule has 1 amide bonds. The Labute approximate surface area is 177 Å². The predicted octanol–water partition coefficient (Wildman–Crippen LogP) is 3.49. The molecule has 2 heterocycles. The zero-order chi connectivity index (χ0) is 20.9. The van der Waals surface area contributed by atoms with Gasteiger partial charge in [-0.15, -0.1) is 0 Å². The molecular weight excluding hydrogens is 376 g/mol. The molecular formula is C24H26N4O2. The number of aromatic nitrogens is 2. The lowest BCUT2D eigenvalue weighted by atomic mass is 10.1. The molecule has 1 aliphatic rings. The Balaban J connectivity index is 1.38. The summed E-state index contributed by atoms with van der Waals surface area (Å²) in [6.45, 7) is 6.90. The van der Waals surface area contributed by atoms with Gasteiger partial charge in [-0.3, -0.25) is 4.79 Å². The molecule has 0 spiro atoms. The molecule has 0 aliphatic carbocycles. The van der Waals surface area contributed by atoms with Crippen molar-refractivity contribution in [2.75, 3.05) is 37.7 Å². The van der Waals surface area contributed by atoms with E-state index in [1.165, 1.54) is 5.56 Å². The van der Waals surface area contributed by atoms with E-state index in [1.807, 2.05) is 48.2 Å². The number of amides is 1. The van der Waals surface area contributed by atoms with Gasteiger partial charge in [0.25, 0.3) is 5.91 Å². The van der Waals surface area contributed by atoms with Crippen molar-refractivity contribution in [2.45, 2.75) is 13.8 Å². The highest BCUT2D eigenvalue weighted by Crippen LogP contribution is 2.21. The summed E-state index contributed by atoms with van der Waals surface area (Å²) in [4.78, 5) is 26.0. The van der Waals surface area contributed by atoms with Crippen molar-refractivity contribution in [1.82, 2.24) is 14.9 Å². The third-order valence-electron chi connectivity index (χ3n) is 5.21. The molecule has 0 saturated carbocycles. The van der Waals surface area contributed by atoms with Gasteiger partial charge in [-0.2, -0.15) is 0 Å². The average Bonchev–Trinajstić information content (AvgIpc) is 2.78. The van der Waals surface area contributed by atoms with Gasteiger partial charge in [0.15, 0.2) is 12.4 Å². The Bertz CT molecular complexity index is 997. The third-order valence-corrected chi connectivity index (χ3v) is 5.21. The van der Waals surface area contributed by atoms with Gasteiger partial charge < -0.3 is 14.5 Å². The van der Waals surface area contributed by atoms with E-state index in [0.717, 1.165) is 36.0 Å². The number of aryl methyl sites for hydroxylation is 2. The van der Waals surface area contributed by atoms with Crippen LogP contribution in [0.4, 0.5) is 5.82 Å². The zero-order valence-corrected chi connectivity index (χ0v) is 17.4. The van der Waals surface area contributed by atoms with Crippen LogP contribution in [0.1, 0.15) is 11.3 Å². The van der Waals surface area contributed by atoms with E-state index < -0.39 is 0 Å². The van der Waals surface area contributed by atoms with Crippen LogP contribution in [-0.4, -0.2) is 53.6 Å². The van der Waals surface area contributed by atoms with Gasteiger partial charge >= 0.3 is 0 Å². The van der Waals surface area contributed by atoms with Crippen molar-refractivity contribution in [2.24, 2.45) is 0 Å². The topological polar surface area (TPSA) is 58.6 Å². The standard InChI is InChI=1S/C24H26N4O2/c1-18-8-10-20(11-9-18)24-25-19(2)16-22(26-24)27-12-14-28(15-13-27)23(29)17-30-21-6-4-3-5-7-21/h3-11,16H,12-15,17H2,1-2H3. The van der Waals surface area contributed by atoms with Gasteiger partial charge in [0, 0.05) is 43.5 Å². The fourth-order valence-electron chi connectivity index (χ4n) is 3.48. The fraction of sp³-hybridized carbons (Fsp3) is 0.292. The molecule has 0 N–H and O–H groups in total. The molecule has 154 valence electrons. The van der Waals surface area contributed by atoms with Gasteiger partial charge in [-0.1, -0.05) is 48.0 Å². The molecule has 2 aromatic carbocycles. The Morgan fingerprint density at radius 3 is 2.33 bits per heavy atom.